The van der Waals surface area contributed by atoms with E-state index in [9.17, 15) is 4.79 Å². The van der Waals surface area contributed by atoms with Crippen LogP contribution in [0.1, 0.15) is 74.1 Å². The van der Waals surface area contributed by atoms with E-state index < -0.39 is 0 Å². The summed E-state index contributed by atoms with van der Waals surface area (Å²) < 4.78 is 12.2. The summed E-state index contributed by atoms with van der Waals surface area (Å²) >= 11 is 5.58. The highest BCUT2D eigenvalue weighted by atomic mass is 35.5. The van der Waals surface area contributed by atoms with Crippen LogP contribution in [-0.2, 0) is 9.47 Å². The maximum Gasteiger partial charge on any atom is 0.316 e. The summed E-state index contributed by atoms with van der Waals surface area (Å²) in [5.41, 5.74) is -0.288. The van der Waals surface area contributed by atoms with Gasteiger partial charge in [-0.05, 0) is 84.7 Å². The molecule has 5 heteroatoms. The third-order valence-electron chi connectivity index (χ3n) is 4.73. The van der Waals surface area contributed by atoms with E-state index in [4.69, 9.17) is 21.1 Å². The van der Waals surface area contributed by atoms with E-state index in [1.807, 2.05) is 0 Å². The largest absolute Gasteiger partial charge is 0.375 e. The quantitative estimate of drug-likeness (QED) is 0.437. The van der Waals surface area contributed by atoms with E-state index in [2.05, 4.69) is 48.5 Å². The van der Waals surface area contributed by atoms with Gasteiger partial charge < -0.3 is 14.4 Å². The minimum atomic E-state index is -0.319. The summed E-state index contributed by atoms with van der Waals surface area (Å²) in [4.78, 5) is 13.0. The van der Waals surface area contributed by atoms with Crippen LogP contribution in [0.25, 0.3) is 0 Å². The Kier molecular flexibility index (Phi) is 8.23. The van der Waals surface area contributed by atoms with E-state index in [0.29, 0.717) is 19.1 Å². The van der Waals surface area contributed by atoms with Gasteiger partial charge in [0, 0.05) is 18.5 Å². The normalized spacial score (nSPS) is 17.8. The van der Waals surface area contributed by atoms with E-state index >= 15 is 0 Å². The molecule has 0 aromatic heterocycles. The summed E-state index contributed by atoms with van der Waals surface area (Å²) in [5, 5.41) is -0.319. The van der Waals surface area contributed by atoms with Gasteiger partial charge in [0.15, 0.2) is 0 Å². The maximum atomic E-state index is 11.2. The van der Waals surface area contributed by atoms with Gasteiger partial charge in [0.25, 0.3) is 0 Å². The van der Waals surface area contributed by atoms with Crippen LogP contribution in [-0.4, -0.2) is 47.8 Å². The summed E-state index contributed by atoms with van der Waals surface area (Å²) in [6.45, 7) is 17.8. The summed E-state index contributed by atoms with van der Waals surface area (Å²) in [6, 6.07) is 0. The molecule has 148 valence electrons. The lowest BCUT2D eigenvalue weighted by atomic mass is 9.81. The molecule has 1 heterocycles. The second-order valence-corrected chi connectivity index (χ2v) is 10.2. The van der Waals surface area contributed by atoms with Crippen molar-refractivity contribution in [2.75, 3.05) is 26.3 Å². The number of ether oxygens (including phenoxy) is 2. The molecule has 0 bridgehead atoms. The van der Waals surface area contributed by atoms with Crippen LogP contribution in [0.5, 0.6) is 0 Å². The van der Waals surface area contributed by atoms with E-state index in [-0.39, 0.29) is 22.0 Å². The molecule has 0 aliphatic carbocycles. The molecule has 0 aromatic carbocycles. The molecule has 1 saturated heterocycles. The number of amides is 1. The van der Waals surface area contributed by atoms with Crippen molar-refractivity contribution in [1.82, 2.24) is 4.90 Å². The lowest BCUT2D eigenvalue weighted by molar-refractivity contribution is -0.105. The van der Waals surface area contributed by atoms with Crippen LogP contribution in [0.3, 0.4) is 0 Å². The third kappa shape index (κ3) is 9.81. The van der Waals surface area contributed by atoms with Crippen molar-refractivity contribution in [2.45, 2.75) is 85.4 Å². The molecule has 1 rings (SSSR count). The van der Waals surface area contributed by atoms with Crippen LogP contribution in [0.2, 0.25) is 0 Å². The summed E-state index contributed by atoms with van der Waals surface area (Å²) in [5.74, 6) is 0.649. The number of hydrogen-bond acceptors (Lipinski definition) is 3. The first kappa shape index (κ1) is 22.7. The van der Waals surface area contributed by atoms with Gasteiger partial charge in [0.05, 0.1) is 24.4 Å². The molecule has 0 spiro atoms. The highest BCUT2D eigenvalue weighted by molar-refractivity contribution is 6.62. The fourth-order valence-electron chi connectivity index (χ4n) is 2.92. The average Bonchev–Trinajstić information content (AvgIpc) is 2.48. The smallest absolute Gasteiger partial charge is 0.316 e. The molecular formula is C20H38ClNO3. The number of carbonyl (C=O) groups excluding carboxylic acids is 1. The van der Waals surface area contributed by atoms with Gasteiger partial charge in [-0.2, -0.15) is 0 Å². The summed E-state index contributed by atoms with van der Waals surface area (Å²) in [7, 11) is 0. The van der Waals surface area contributed by atoms with Crippen molar-refractivity contribution in [3.63, 3.8) is 0 Å². The molecular weight excluding hydrogens is 338 g/mol. The molecule has 0 unspecified atom stereocenters. The fraction of sp³-hybridized carbons (Fsp3) is 0.950. The Morgan fingerprint density at radius 3 is 1.76 bits per heavy atom. The van der Waals surface area contributed by atoms with Gasteiger partial charge in [-0.15, -0.1) is 0 Å². The van der Waals surface area contributed by atoms with Crippen molar-refractivity contribution >= 4 is 17.0 Å². The molecule has 1 aliphatic rings. The Morgan fingerprint density at radius 1 is 0.960 bits per heavy atom. The van der Waals surface area contributed by atoms with Crippen LogP contribution in [0, 0.1) is 11.3 Å². The second kappa shape index (κ2) is 9.05. The van der Waals surface area contributed by atoms with Crippen molar-refractivity contribution in [3.05, 3.63) is 0 Å². The Bertz CT molecular complexity index is 400. The van der Waals surface area contributed by atoms with E-state index in [1.165, 1.54) is 0 Å². The molecule has 0 saturated carbocycles. The van der Waals surface area contributed by atoms with Crippen LogP contribution < -0.4 is 0 Å². The van der Waals surface area contributed by atoms with E-state index in [1.54, 1.807) is 4.90 Å². The highest BCUT2D eigenvalue weighted by Gasteiger charge is 2.31. The first-order chi connectivity index (χ1) is 11.3. The Hall–Kier alpha value is -0.320. The van der Waals surface area contributed by atoms with E-state index in [0.717, 1.165) is 38.8 Å². The van der Waals surface area contributed by atoms with Gasteiger partial charge in [-0.25, -0.2) is 0 Å². The number of nitrogens with zero attached hydrogens (tertiary/aromatic N) is 1. The second-order valence-electron chi connectivity index (χ2n) is 9.83. The fourth-order valence-corrected chi connectivity index (χ4v) is 3.09. The molecule has 25 heavy (non-hydrogen) atoms. The van der Waals surface area contributed by atoms with Crippen LogP contribution >= 0.6 is 11.6 Å². The predicted molar refractivity (Wildman–Crippen MR) is 104 cm³/mol. The molecule has 1 aliphatic heterocycles. The minimum absolute atomic E-state index is 0.00000155. The number of carbonyl (C=O) groups is 1. The number of rotatable bonds is 7. The molecule has 4 nitrogen and oxygen atoms in total. The summed E-state index contributed by atoms with van der Waals surface area (Å²) in [6.07, 6.45) is 4.28. The third-order valence-corrected chi connectivity index (χ3v) is 4.97. The number of halogens is 1. The van der Waals surface area contributed by atoms with Gasteiger partial charge in [-0.3, -0.25) is 4.79 Å². The number of hydrogen-bond donors (Lipinski definition) is 0. The predicted octanol–water partition coefficient (Wildman–Crippen LogP) is 5.47. The van der Waals surface area contributed by atoms with Gasteiger partial charge in [0.2, 0.25) is 0 Å². The maximum absolute atomic E-state index is 11.2. The highest BCUT2D eigenvalue weighted by Crippen LogP contribution is 2.33. The molecule has 0 atom stereocenters. The zero-order chi connectivity index (χ0) is 19.3. The Morgan fingerprint density at radius 2 is 1.40 bits per heavy atom. The lowest BCUT2D eigenvalue weighted by Gasteiger charge is -2.37. The topological polar surface area (TPSA) is 38.8 Å². The standard InChI is InChI=1S/C20H38ClNO3/c1-18(2,3)24-14-20(7,15-25-19(4,5)6)11-8-16-9-12-22(13-10-16)17(21)23/h16H,8-15H2,1-7H3. The van der Waals surface area contributed by atoms with Crippen LogP contribution in [0.15, 0.2) is 0 Å². The average molecular weight is 376 g/mol. The molecule has 0 radical (unpaired) electrons. The molecule has 1 fully saturated rings. The zero-order valence-electron chi connectivity index (χ0n) is 17.3. The minimum Gasteiger partial charge on any atom is -0.375 e. The monoisotopic (exact) mass is 375 g/mol. The Labute approximate surface area is 159 Å². The van der Waals surface area contributed by atoms with Gasteiger partial charge >= 0.3 is 5.37 Å². The van der Waals surface area contributed by atoms with Crippen molar-refractivity contribution in [1.29, 1.82) is 0 Å². The lowest BCUT2D eigenvalue weighted by Crippen LogP contribution is -2.38. The molecule has 1 amide bonds. The van der Waals surface area contributed by atoms with Crippen molar-refractivity contribution < 1.29 is 14.3 Å². The first-order valence-electron chi connectivity index (χ1n) is 9.52. The Balaban J connectivity index is 2.56. The van der Waals surface area contributed by atoms with Gasteiger partial charge in [0.1, 0.15) is 0 Å². The van der Waals surface area contributed by atoms with Gasteiger partial charge in [-0.1, -0.05) is 6.92 Å². The van der Waals surface area contributed by atoms with Crippen molar-refractivity contribution in [3.8, 4) is 0 Å². The molecule has 0 N–H and O–H groups in total. The number of piperidine rings is 1. The first-order valence-corrected chi connectivity index (χ1v) is 9.90. The zero-order valence-corrected chi connectivity index (χ0v) is 18.0. The number of likely N-dealkylation sites (tertiary alicyclic amines) is 1. The SMILES string of the molecule is CC(CCC1CCN(C(=O)Cl)CC1)(COC(C)(C)C)COC(C)(C)C. The van der Waals surface area contributed by atoms with Crippen LogP contribution in [0.4, 0.5) is 4.79 Å². The van der Waals surface area contributed by atoms with Crippen molar-refractivity contribution in [2.24, 2.45) is 11.3 Å². The molecule has 0 aromatic rings.